The highest BCUT2D eigenvalue weighted by Crippen LogP contribution is 2.36. The lowest BCUT2D eigenvalue weighted by atomic mass is 9.98. The van der Waals surface area contributed by atoms with E-state index in [1.807, 2.05) is 12.4 Å². The second-order valence-electron chi connectivity index (χ2n) is 4.98. The molecule has 2 rings (SSSR count). The van der Waals surface area contributed by atoms with Crippen molar-refractivity contribution in [3.05, 3.63) is 30.1 Å². The first-order valence-corrected chi connectivity index (χ1v) is 7.09. The van der Waals surface area contributed by atoms with E-state index in [9.17, 15) is 0 Å². The van der Waals surface area contributed by atoms with E-state index in [-0.39, 0.29) is 0 Å². The van der Waals surface area contributed by atoms with Crippen LogP contribution in [0.25, 0.3) is 0 Å². The predicted molar refractivity (Wildman–Crippen MR) is 73.5 cm³/mol. The molecule has 1 aromatic heterocycles. The van der Waals surface area contributed by atoms with Gasteiger partial charge in [0.25, 0.3) is 0 Å². The summed E-state index contributed by atoms with van der Waals surface area (Å²) in [5, 5.41) is 3.59. The highest BCUT2D eigenvalue weighted by atomic mass is 16.5. The van der Waals surface area contributed by atoms with Crippen LogP contribution in [0.5, 0.6) is 0 Å². The van der Waals surface area contributed by atoms with Gasteiger partial charge in [0.15, 0.2) is 0 Å². The van der Waals surface area contributed by atoms with Crippen LogP contribution in [0.1, 0.15) is 32.3 Å². The molecule has 100 valence electrons. The molecular formula is C15H24N2O. The maximum Gasteiger partial charge on any atom is 0.0759 e. The molecule has 0 radical (unpaired) electrons. The zero-order valence-corrected chi connectivity index (χ0v) is 11.4. The summed E-state index contributed by atoms with van der Waals surface area (Å²) >= 11 is 0. The van der Waals surface area contributed by atoms with Gasteiger partial charge in [-0.2, -0.15) is 0 Å². The van der Waals surface area contributed by atoms with Crippen molar-refractivity contribution in [3.63, 3.8) is 0 Å². The second-order valence-corrected chi connectivity index (χ2v) is 4.98. The summed E-state index contributed by atoms with van der Waals surface area (Å²) in [5.41, 5.74) is 1.33. The second kappa shape index (κ2) is 6.86. The molecule has 0 bridgehead atoms. The maximum absolute atomic E-state index is 5.97. The molecular weight excluding hydrogens is 224 g/mol. The molecule has 1 N–H and O–H groups in total. The Morgan fingerprint density at radius 2 is 2.06 bits per heavy atom. The van der Waals surface area contributed by atoms with Crippen LogP contribution in [-0.4, -0.2) is 30.3 Å². The summed E-state index contributed by atoms with van der Waals surface area (Å²) in [7, 11) is 0. The molecule has 1 aliphatic carbocycles. The lowest BCUT2D eigenvalue weighted by Crippen LogP contribution is -2.44. The fourth-order valence-corrected chi connectivity index (χ4v) is 2.54. The fraction of sp³-hybridized carbons (Fsp3) is 0.667. The molecule has 2 atom stereocenters. The molecule has 0 spiro atoms. The number of rotatable bonds is 8. The summed E-state index contributed by atoms with van der Waals surface area (Å²) in [4.78, 5) is 4.08. The van der Waals surface area contributed by atoms with Gasteiger partial charge in [0.1, 0.15) is 0 Å². The van der Waals surface area contributed by atoms with E-state index in [4.69, 9.17) is 4.74 Å². The number of nitrogens with one attached hydrogen (secondary N) is 1. The SMILES string of the molecule is CCNC(Cc1ccncc1)C(OCC)C1CC1. The highest BCUT2D eigenvalue weighted by molar-refractivity contribution is 5.12. The summed E-state index contributed by atoms with van der Waals surface area (Å²) < 4.78 is 5.97. The summed E-state index contributed by atoms with van der Waals surface area (Å²) in [5.74, 6) is 0.760. The smallest absolute Gasteiger partial charge is 0.0759 e. The van der Waals surface area contributed by atoms with Gasteiger partial charge in [0, 0.05) is 25.0 Å². The molecule has 3 nitrogen and oxygen atoms in total. The molecule has 0 aliphatic heterocycles. The van der Waals surface area contributed by atoms with Crippen molar-refractivity contribution in [1.29, 1.82) is 0 Å². The Kier molecular flexibility index (Phi) is 5.14. The van der Waals surface area contributed by atoms with E-state index in [0.717, 1.165) is 25.5 Å². The van der Waals surface area contributed by atoms with Crippen molar-refractivity contribution in [3.8, 4) is 0 Å². The largest absolute Gasteiger partial charge is 0.377 e. The van der Waals surface area contributed by atoms with Crippen molar-refractivity contribution in [2.24, 2.45) is 5.92 Å². The summed E-state index contributed by atoms with van der Waals surface area (Å²) in [6.45, 7) is 6.05. The molecule has 2 unspecified atom stereocenters. The van der Waals surface area contributed by atoms with Gasteiger partial charge in [-0.1, -0.05) is 6.92 Å². The van der Waals surface area contributed by atoms with E-state index < -0.39 is 0 Å². The Hall–Kier alpha value is -0.930. The van der Waals surface area contributed by atoms with Crippen LogP contribution >= 0.6 is 0 Å². The van der Waals surface area contributed by atoms with Crippen LogP contribution in [0.4, 0.5) is 0 Å². The van der Waals surface area contributed by atoms with Gasteiger partial charge >= 0.3 is 0 Å². The van der Waals surface area contributed by atoms with Gasteiger partial charge < -0.3 is 10.1 Å². The van der Waals surface area contributed by atoms with Gasteiger partial charge in [0.05, 0.1) is 6.10 Å². The van der Waals surface area contributed by atoms with Gasteiger partial charge in [-0.05, 0) is 56.3 Å². The normalized spacial score (nSPS) is 18.6. The van der Waals surface area contributed by atoms with Crippen LogP contribution in [0, 0.1) is 5.92 Å². The number of hydrogen-bond donors (Lipinski definition) is 1. The van der Waals surface area contributed by atoms with E-state index >= 15 is 0 Å². The quantitative estimate of drug-likeness (QED) is 0.767. The summed E-state index contributed by atoms with van der Waals surface area (Å²) in [6, 6.07) is 4.62. The van der Waals surface area contributed by atoms with E-state index in [0.29, 0.717) is 12.1 Å². The third-order valence-electron chi connectivity index (χ3n) is 3.51. The lowest BCUT2D eigenvalue weighted by Gasteiger charge is -2.28. The van der Waals surface area contributed by atoms with Gasteiger partial charge in [-0.3, -0.25) is 4.98 Å². The van der Waals surface area contributed by atoms with Crippen molar-refractivity contribution in [2.75, 3.05) is 13.2 Å². The molecule has 1 heterocycles. The molecule has 18 heavy (non-hydrogen) atoms. The molecule has 0 aromatic carbocycles. The Morgan fingerprint density at radius 3 is 2.61 bits per heavy atom. The number of hydrogen-bond acceptors (Lipinski definition) is 3. The molecule has 3 heteroatoms. The van der Waals surface area contributed by atoms with Crippen molar-refractivity contribution in [1.82, 2.24) is 10.3 Å². The van der Waals surface area contributed by atoms with Crippen molar-refractivity contribution in [2.45, 2.75) is 45.3 Å². The van der Waals surface area contributed by atoms with Crippen LogP contribution in [0.15, 0.2) is 24.5 Å². The van der Waals surface area contributed by atoms with Crippen LogP contribution in [-0.2, 0) is 11.2 Å². The Labute approximate surface area is 110 Å². The molecule has 1 fully saturated rings. The predicted octanol–water partition coefficient (Wildman–Crippen LogP) is 2.42. The Bertz CT molecular complexity index is 338. The Balaban J connectivity index is 2.01. The van der Waals surface area contributed by atoms with E-state index in [1.165, 1.54) is 18.4 Å². The summed E-state index contributed by atoms with van der Waals surface area (Å²) in [6.07, 6.45) is 7.77. The van der Waals surface area contributed by atoms with Gasteiger partial charge in [-0.15, -0.1) is 0 Å². The average molecular weight is 248 g/mol. The number of aromatic nitrogens is 1. The van der Waals surface area contributed by atoms with Crippen molar-refractivity contribution >= 4 is 0 Å². The zero-order valence-electron chi connectivity index (χ0n) is 11.4. The molecule has 0 amide bonds. The fourth-order valence-electron chi connectivity index (χ4n) is 2.54. The first-order chi connectivity index (χ1) is 8.85. The number of nitrogens with zero attached hydrogens (tertiary/aromatic N) is 1. The zero-order chi connectivity index (χ0) is 12.8. The minimum atomic E-state index is 0.364. The van der Waals surface area contributed by atoms with E-state index in [1.54, 1.807) is 0 Å². The highest BCUT2D eigenvalue weighted by Gasteiger charge is 2.36. The number of ether oxygens (including phenoxy) is 1. The topological polar surface area (TPSA) is 34.2 Å². The molecule has 1 saturated carbocycles. The first-order valence-electron chi connectivity index (χ1n) is 7.09. The maximum atomic E-state index is 5.97. The van der Waals surface area contributed by atoms with Crippen LogP contribution < -0.4 is 5.32 Å². The number of pyridine rings is 1. The van der Waals surface area contributed by atoms with Crippen molar-refractivity contribution < 1.29 is 4.74 Å². The Morgan fingerprint density at radius 1 is 1.33 bits per heavy atom. The van der Waals surface area contributed by atoms with Crippen LogP contribution in [0.3, 0.4) is 0 Å². The minimum Gasteiger partial charge on any atom is -0.377 e. The number of likely N-dealkylation sites (N-methyl/N-ethyl adjacent to an activating group) is 1. The third-order valence-corrected chi connectivity index (χ3v) is 3.51. The molecule has 1 aliphatic rings. The average Bonchev–Trinajstić information content (AvgIpc) is 3.21. The monoisotopic (exact) mass is 248 g/mol. The van der Waals surface area contributed by atoms with E-state index in [2.05, 4.69) is 36.3 Å². The molecule has 1 aromatic rings. The van der Waals surface area contributed by atoms with Crippen LogP contribution in [0.2, 0.25) is 0 Å². The first kappa shape index (κ1) is 13.5. The van der Waals surface area contributed by atoms with Gasteiger partial charge in [-0.25, -0.2) is 0 Å². The van der Waals surface area contributed by atoms with Gasteiger partial charge in [0.2, 0.25) is 0 Å². The minimum absolute atomic E-state index is 0.364. The standard InChI is InChI=1S/C15H24N2O/c1-3-17-14(11-12-7-9-16-10-8-12)15(18-4-2)13-5-6-13/h7-10,13-15,17H,3-6,11H2,1-2H3. The molecule has 0 saturated heterocycles. The lowest BCUT2D eigenvalue weighted by molar-refractivity contribution is 0.0196. The third kappa shape index (κ3) is 3.79.